The van der Waals surface area contributed by atoms with Crippen molar-refractivity contribution < 1.29 is 9.18 Å². The minimum Gasteiger partial charge on any atom is -0.349 e. The lowest BCUT2D eigenvalue weighted by molar-refractivity contribution is -0.123. The van der Waals surface area contributed by atoms with Crippen molar-refractivity contribution in [1.29, 1.82) is 0 Å². The molecule has 86 valence electrons. The van der Waals surface area contributed by atoms with Gasteiger partial charge in [-0.05, 0) is 12.5 Å². The van der Waals surface area contributed by atoms with Crippen LogP contribution in [0.1, 0.15) is 24.9 Å². The molecule has 1 saturated carbocycles. The van der Waals surface area contributed by atoms with E-state index in [0.29, 0.717) is 0 Å². The van der Waals surface area contributed by atoms with E-state index in [9.17, 15) is 9.18 Å². The lowest BCUT2D eigenvalue weighted by Crippen LogP contribution is -2.29. The van der Waals surface area contributed by atoms with Crippen LogP contribution >= 0.6 is 11.6 Å². The summed E-state index contributed by atoms with van der Waals surface area (Å²) in [6.07, 6.45) is 0.113. The Hall–Kier alpha value is -1.09. The first-order chi connectivity index (χ1) is 7.50. The van der Waals surface area contributed by atoms with Crippen LogP contribution in [0.25, 0.3) is 0 Å². The van der Waals surface area contributed by atoms with Gasteiger partial charge in [0.25, 0.3) is 0 Å². The number of halogens is 2. The largest absolute Gasteiger partial charge is 0.349 e. The zero-order chi connectivity index (χ0) is 11.8. The van der Waals surface area contributed by atoms with Crippen LogP contribution in [-0.4, -0.2) is 11.0 Å². The molecule has 1 aliphatic rings. The van der Waals surface area contributed by atoms with Gasteiger partial charge in [0.15, 0.2) is 5.13 Å². The number of benzene rings is 1. The molecule has 0 aliphatic heterocycles. The molecule has 0 radical (unpaired) electrons. The zero-order valence-corrected chi connectivity index (χ0v) is 9.67. The van der Waals surface area contributed by atoms with Crippen molar-refractivity contribution in [2.24, 2.45) is 5.92 Å². The van der Waals surface area contributed by atoms with Crippen molar-refractivity contribution >= 4 is 17.5 Å². The smallest absolute Gasteiger partial charge is 0.228 e. The van der Waals surface area contributed by atoms with Crippen molar-refractivity contribution in [2.45, 2.75) is 24.5 Å². The van der Waals surface area contributed by atoms with Gasteiger partial charge < -0.3 is 5.32 Å². The fourth-order valence-corrected chi connectivity index (χ4v) is 1.89. The Morgan fingerprint density at radius 1 is 1.56 bits per heavy atom. The Labute approximate surface area is 98.8 Å². The van der Waals surface area contributed by atoms with Gasteiger partial charge in [0, 0.05) is 6.42 Å². The fraction of sp³-hybridized carbons (Fsp3) is 0.417. The van der Waals surface area contributed by atoms with E-state index in [0.717, 1.165) is 5.56 Å². The molecular weight excluding hydrogens is 229 g/mol. The summed E-state index contributed by atoms with van der Waals surface area (Å²) in [6.45, 7) is 1.86. The van der Waals surface area contributed by atoms with Gasteiger partial charge in [-0.2, -0.15) is 0 Å². The molecule has 0 bridgehead atoms. The average Bonchev–Trinajstić information content (AvgIpc) is 2.89. The average molecular weight is 242 g/mol. The number of hydrogen-bond acceptors (Lipinski definition) is 1. The SMILES string of the molecule is C[C@@H](NC(=O)C1CC1(F)Cl)c1ccccc1. The maximum Gasteiger partial charge on any atom is 0.228 e. The molecule has 2 nitrogen and oxygen atoms in total. The van der Waals surface area contributed by atoms with Gasteiger partial charge in [-0.1, -0.05) is 41.9 Å². The maximum atomic E-state index is 13.1. The highest BCUT2D eigenvalue weighted by Crippen LogP contribution is 2.51. The number of amides is 1. The molecule has 1 aromatic carbocycles. The second-order valence-electron chi connectivity index (χ2n) is 4.16. The minimum absolute atomic E-state index is 0.113. The molecule has 16 heavy (non-hydrogen) atoms. The maximum absolute atomic E-state index is 13.1. The highest BCUT2D eigenvalue weighted by atomic mass is 35.5. The van der Waals surface area contributed by atoms with Crippen LogP contribution in [0, 0.1) is 5.92 Å². The van der Waals surface area contributed by atoms with Crippen LogP contribution in [0.3, 0.4) is 0 Å². The molecule has 1 N–H and O–H groups in total. The Balaban J connectivity index is 1.94. The molecule has 1 aromatic rings. The number of hydrogen-bond donors (Lipinski definition) is 1. The number of carbonyl (C=O) groups excluding carboxylic acids is 1. The van der Waals surface area contributed by atoms with Crippen LogP contribution in [0.5, 0.6) is 0 Å². The van der Waals surface area contributed by atoms with Gasteiger partial charge in [0.05, 0.1) is 12.0 Å². The van der Waals surface area contributed by atoms with Gasteiger partial charge in [0.1, 0.15) is 0 Å². The van der Waals surface area contributed by atoms with E-state index >= 15 is 0 Å². The molecular formula is C12H13ClFNO. The quantitative estimate of drug-likeness (QED) is 0.810. The van der Waals surface area contributed by atoms with Crippen molar-refractivity contribution in [3.63, 3.8) is 0 Å². The first-order valence-electron chi connectivity index (χ1n) is 5.24. The van der Waals surface area contributed by atoms with E-state index in [2.05, 4.69) is 5.32 Å². The van der Waals surface area contributed by atoms with Crippen molar-refractivity contribution in [2.75, 3.05) is 0 Å². The summed E-state index contributed by atoms with van der Waals surface area (Å²) < 4.78 is 13.1. The van der Waals surface area contributed by atoms with Crippen molar-refractivity contribution in [3.05, 3.63) is 35.9 Å². The zero-order valence-electron chi connectivity index (χ0n) is 8.91. The summed E-state index contributed by atoms with van der Waals surface area (Å²) in [5.74, 6) is -1.01. The first kappa shape index (κ1) is 11.4. The standard InChI is InChI=1S/C12H13ClFNO/c1-8(9-5-3-2-4-6-9)15-11(16)10-7-12(10,13)14/h2-6,8,10H,7H2,1H3,(H,15,16)/t8-,10?,12?/m1/s1. The highest BCUT2D eigenvalue weighted by molar-refractivity contribution is 6.27. The number of nitrogens with one attached hydrogen (secondary N) is 1. The van der Waals surface area contributed by atoms with Crippen LogP contribution < -0.4 is 5.32 Å². The predicted molar refractivity (Wildman–Crippen MR) is 60.8 cm³/mol. The third-order valence-corrected chi connectivity index (χ3v) is 3.22. The van der Waals surface area contributed by atoms with E-state index in [1.165, 1.54) is 0 Å². The molecule has 2 unspecified atom stereocenters. The third-order valence-electron chi connectivity index (χ3n) is 2.80. The molecule has 3 atom stereocenters. The Morgan fingerprint density at radius 2 is 2.12 bits per heavy atom. The molecule has 1 amide bonds. The summed E-state index contributed by atoms with van der Waals surface area (Å²) in [7, 11) is 0. The molecule has 2 rings (SSSR count). The third kappa shape index (κ3) is 2.35. The first-order valence-corrected chi connectivity index (χ1v) is 5.61. The lowest BCUT2D eigenvalue weighted by atomic mass is 10.1. The van der Waals surface area contributed by atoms with Crippen LogP contribution in [0.15, 0.2) is 30.3 Å². The van der Waals surface area contributed by atoms with E-state index in [1.54, 1.807) is 0 Å². The van der Waals surface area contributed by atoms with Crippen molar-refractivity contribution in [1.82, 2.24) is 5.32 Å². The van der Waals surface area contributed by atoms with Gasteiger partial charge in [0.2, 0.25) is 5.91 Å². The normalized spacial score (nSPS) is 29.6. The number of rotatable bonds is 3. The minimum atomic E-state index is -1.82. The van der Waals surface area contributed by atoms with E-state index in [4.69, 9.17) is 11.6 Å². The second-order valence-corrected chi connectivity index (χ2v) is 4.79. The van der Waals surface area contributed by atoms with Gasteiger partial charge in [-0.3, -0.25) is 4.79 Å². The molecule has 0 spiro atoms. The summed E-state index contributed by atoms with van der Waals surface area (Å²) in [4.78, 5) is 11.6. The number of carbonyl (C=O) groups is 1. The lowest BCUT2D eigenvalue weighted by Gasteiger charge is -2.14. The van der Waals surface area contributed by atoms with Gasteiger partial charge in [-0.25, -0.2) is 4.39 Å². The molecule has 4 heteroatoms. The molecule has 1 fully saturated rings. The van der Waals surface area contributed by atoms with Gasteiger partial charge >= 0.3 is 0 Å². The Morgan fingerprint density at radius 3 is 2.62 bits per heavy atom. The highest BCUT2D eigenvalue weighted by Gasteiger charge is 2.58. The molecule has 0 aromatic heterocycles. The number of alkyl halides is 2. The molecule has 1 aliphatic carbocycles. The van der Waals surface area contributed by atoms with Crippen molar-refractivity contribution in [3.8, 4) is 0 Å². The predicted octanol–water partition coefficient (Wildman–Crippen LogP) is 2.79. The fourth-order valence-electron chi connectivity index (χ4n) is 1.64. The van der Waals surface area contributed by atoms with Crippen LogP contribution in [-0.2, 0) is 4.79 Å². The molecule has 0 saturated heterocycles. The monoisotopic (exact) mass is 241 g/mol. The Kier molecular flexibility index (Phi) is 2.89. The summed E-state index contributed by atoms with van der Waals surface area (Å²) in [5.41, 5.74) is 0.996. The van der Waals surface area contributed by atoms with Crippen LogP contribution in [0.2, 0.25) is 0 Å². The van der Waals surface area contributed by atoms with E-state index in [1.807, 2.05) is 37.3 Å². The van der Waals surface area contributed by atoms with E-state index in [-0.39, 0.29) is 18.4 Å². The second kappa shape index (κ2) is 4.06. The topological polar surface area (TPSA) is 29.1 Å². The molecule has 0 heterocycles. The van der Waals surface area contributed by atoms with E-state index < -0.39 is 11.0 Å². The Bertz CT molecular complexity index is 393. The van der Waals surface area contributed by atoms with Gasteiger partial charge in [-0.15, -0.1) is 0 Å². The summed E-state index contributed by atoms with van der Waals surface area (Å²) in [6, 6.07) is 9.42. The van der Waals surface area contributed by atoms with Crippen LogP contribution in [0.4, 0.5) is 4.39 Å². The summed E-state index contributed by atoms with van der Waals surface area (Å²) in [5, 5.41) is 0.931. The summed E-state index contributed by atoms with van der Waals surface area (Å²) >= 11 is 5.40.